The van der Waals surface area contributed by atoms with Crippen molar-refractivity contribution in [3.63, 3.8) is 0 Å². The van der Waals surface area contributed by atoms with Crippen molar-refractivity contribution in [1.82, 2.24) is 9.78 Å². The van der Waals surface area contributed by atoms with Crippen LogP contribution in [-0.4, -0.2) is 30.4 Å². The summed E-state index contributed by atoms with van der Waals surface area (Å²) in [5, 5.41) is 4.53. The summed E-state index contributed by atoms with van der Waals surface area (Å²) in [5.74, 6) is 1.43. The molecule has 0 amide bonds. The smallest absolute Gasteiger partial charge is 0.297 e. The van der Waals surface area contributed by atoms with Gasteiger partial charge in [0.2, 0.25) is 0 Å². The molecule has 2 aliphatic carbocycles. The lowest BCUT2D eigenvalue weighted by Gasteiger charge is -2.28. The maximum atomic E-state index is 12.4. The number of hydrogen-bond acceptors (Lipinski definition) is 5. The van der Waals surface area contributed by atoms with Crippen LogP contribution in [0.15, 0.2) is 35.4 Å². The quantitative estimate of drug-likeness (QED) is 0.704. The van der Waals surface area contributed by atoms with Gasteiger partial charge < -0.3 is 4.74 Å². The number of ether oxygens (including phenoxy) is 1. The van der Waals surface area contributed by atoms with Crippen molar-refractivity contribution in [2.24, 2.45) is 7.05 Å². The SMILES string of the molecule is Cc1ccc(S(=O)(=O)OC2CCC(Oc3cn(C)nc3C3CC3)CC2)cc1. The van der Waals surface area contributed by atoms with E-state index in [0.29, 0.717) is 18.8 Å². The summed E-state index contributed by atoms with van der Waals surface area (Å²) in [5.41, 5.74) is 2.09. The third kappa shape index (κ3) is 4.35. The van der Waals surface area contributed by atoms with E-state index in [1.54, 1.807) is 24.3 Å². The van der Waals surface area contributed by atoms with Gasteiger partial charge in [-0.1, -0.05) is 17.7 Å². The van der Waals surface area contributed by atoms with Gasteiger partial charge in [0.1, 0.15) is 5.69 Å². The van der Waals surface area contributed by atoms with Crippen LogP contribution in [-0.2, 0) is 21.3 Å². The molecule has 0 bridgehead atoms. The topological polar surface area (TPSA) is 70.4 Å². The molecule has 0 spiro atoms. The van der Waals surface area contributed by atoms with E-state index in [-0.39, 0.29) is 17.1 Å². The molecule has 2 fully saturated rings. The average molecular weight is 391 g/mol. The first-order valence-electron chi connectivity index (χ1n) is 9.61. The van der Waals surface area contributed by atoms with E-state index < -0.39 is 10.1 Å². The molecular weight excluding hydrogens is 364 g/mol. The van der Waals surface area contributed by atoms with Crippen LogP contribution < -0.4 is 4.74 Å². The van der Waals surface area contributed by atoms with E-state index in [1.165, 1.54) is 12.8 Å². The highest BCUT2D eigenvalue weighted by Crippen LogP contribution is 2.44. The third-order valence-corrected chi connectivity index (χ3v) is 6.65. The highest BCUT2D eigenvalue weighted by molar-refractivity contribution is 7.86. The van der Waals surface area contributed by atoms with Crippen molar-refractivity contribution in [2.45, 2.75) is 68.5 Å². The van der Waals surface area contributed by atoms with Crippen molar-refractivity contribution >= 4 is 10.1 Å². The van der Waals surface area contributed by atoms with Crippen LogP contribution in [0, 0.1) is 6.92 Å². The van der Waals surface area contributed by atoms with Gasteiger partial charge in [-0.3, -0.25) is 8.86 Å². The van der Waals surface area contributed by atoms with E-state index in [1.807, 2.05) is 24.9 Å². The lowest BCUT2D eigenvalue weighted by atomic mass is 9.95. The average Bonchev–Trinajstić information content (AvgIpc) is 3.40. The number of aryl methyl sites for hydroxylation is 2. The summed E-state index contributed by atoms with van der Waals surface area (Å²) in [6.45, 7) is 1.93. The van der Waals surface area contributed by atoms with Crippen molar-refractivity contribution in [2.75, 3.05) is 0 Å². The molecule has 2 saturated carbocycles. The number of nitrogens with zero attached hydrogens (tertiary/aromatic N) is 2. The van der Waals surface area contributed by atoms with Crippen LogP contribution in [0.4, 0.5) is 0 Å². The van der Waals surface area contributed by atoms with Gasteiger partial charge >= 0.3 is 0 Å². The van der Waals surface area contributed by atoms with E-state index in [2.05, 4.69) is 5.10 Å². The highest BCUT2D eigenvalue weighted by Gasteiger charge is 2.32. The van der Waals surface area contributed by atoms with Crippen LogP contribution in [0.25, 0.3) is 0 Å². The highest BCUT2D eigenvalue weighted by atomic mass is 32.2. The maximum Gasteiger partial charge on any atom is 0.297 e. The van der Waals surface area contributed by atoms with Crippen LogP contribution in [0.3, 0.4) is 0 Å². The van der Waals surface area contributed by atoms with Crippen LogP contribution in [0.1, 0.15) is 55.7 Å². The molecule has 0 saturated heterocycles. The Balaban J connectivity index is 1.33. The number of benzene rings is 1. The van der Waals surface area contributed by atoms with E-state index in [9.17, 15) is 8.42 Å². The minimum Gasteiger partial charge on any atom is -0.487 e. The molecule has 146 valence electrons. The molecule has 2 aromatic rings. The number of aromatic nitrogens is 2. The van der Waals surface area contributed by atoms with Crippen molar-refractivity contribution in [3.05, 3.63) is 41.7 Å². The summed E-state index contributed by atoms with van der Waals surface area (Å²) in [7, 11) is -1.80. The molecule has 0 N–H and O–H groups in total. The van der Waals surface area contributed by atoms with Crippen molar-refractivity contribution in [3.8, 4) is 5.75 Å². The molecule has 1 aromatic heterocycles. The second kappa shape index (κ2) is 7.28. The summed E-state index contributed by atoms with van der Waals surface area (Å²) in [6, 6.07) is 6.76. The maximum absolute atomic E-state index is 12.4. The molecule has 1 heterocycles. The molecule has 0 radical (unpaired) electrons. The van der Waals surface area contributed by atoms with Gasteiger partial charge in [-0.15, -0.1) is 0 Å². The molecule has 27 heavy (non-hydrogen) atoms. The fraction of sp³-hybridized carbons (Fsp3) is 0.550. The summed E-state index contributed by atoms with van der Waals surface area (Å²) in [4.78, 5) is 0.218. The largest absolute Gasteiger partial charge is 0.487 e. The molecular formula is C20H26N2O4S. The first-order chi connectivity index (χ1) is 12.9. The fourth-order valence-corrected chi connectivity index (χ4v) is 4.71. The second-order valence-corrected chi connectivity index (χ2v) is 9.28. The van der Waals surface area contributed by atoms with E-state index >= 15 is 0 Å². The van der Waals surface area contributed by atoms with Gasteiger partial charge in [0, 0.05) is 13.0 Å². The van der Waals surface area contributed by atoms with Crippen LogP contribution >= 0.6 is 0 Å². The van der Waals surface area contributed by atoms with E-state index in [4.69, 9.17) is 8.92 Å². The molecule has 0 aliphatic heterocycles. The summed E-state index contributed by atoms with van der Waals surface area (Å²) < 4.78 is 38.4. The zero-order valence-electron chi connectivity index (χ0n) is 15.8. The Bertz CT molecular complexity index is 893. The molecule has 0 atom stereocenters. The summed E-state index contributed by atoms with van der Waals surface area (Å²) >= 11 is 0. The molecule has 1 aromatic carbocycles. The summed E-state index contributed by atoms with van der Waals surface area (Å²) in [6.07, 6.45) is 7.04. The molecule has 0 unspecified atom stereocenters. The van der Waals surface area contributed by atoms with Gasteiger partial charge in [-0.2, -0.15) is 13.5 Å². The Morgan fingerprint density at radius 1 is 1.00 bits per heavy atom. The minimum absolute atomic E-state index is 0.0913. The minimum atomic E-state index is -3.71. The monoisotopic (exact) mass is 390 g/mol. The normalized spacial score (nSPS) is 23.3. The van der Waals surface area contributed by atoms with Gasteiger partial charge in [-0.05, 0) is 57.6 Å². The molecule has 4 rings (SSSR count). The Labute approximate surface area is 160 Å². The van der Waals surface area contributed by atoms with Gasteiger partial charge in [0.15, 0.2) is 5.75 Å². The molecule has 6 nitrogen and oxygen atoms in total. The molecule has 7 heteroatoms. The third-order valence-electron chi connectivity index (χ3n) is 5.27. The standard InChI is InChI=1S/C20H26N2O4S/c1-14-3-11-18(12-4-14)27(23,24)26-17-9-7-16(8-10-17)25-19-13-22(2)21-20(19)15-5-6-15/h3-4,11-13,15-17H,5-10H2,1-2H3. The van der Waals surface area contributed by atoms with Crippen LogP contribution in [0.2, 0.25) is 0 Å². The molecule has 2 aliphatic rings. The van der Waals surface area contributed by atoms with E-state index in [0.717, 1.165) is 29.8 Å². The number of hydrogen-bond donors (Lipinski definition) is 0. The van der Waals surface area contributed by atoms with Gasteiger partial charge in [-0.25, -0.2) is 0 Å². The van der Waals surface area contributed by atoms with Gasteiger partial charge in [0.05, 0.1) is 23.3 Å². The van der Waals surface area contributed by atoms with Crippen molar-refractivity contribution < 1.29 is 17.3 Å². The fourth-order valence-electron chi connectivity index (χ4n) is 3.58. The Morgan fingerprint density at radius 2 is 1.63 bits per heavy atom. The lowest BCUT2D eigenvalue weighted by molar-refractivity contribution is 0.0835. The Hall–Kier alpha value is -1.86. The second-order valence-electron chi connectivity index (χ2n) is 7.71. The van der Waals surface area contributed by atoms with Gasteiger partial charge in [0.25, 0.3) is 10.1 Å². The lowest BCUT2D eigenvalue weighted by Crippen LogP contribution is -2.30. The Kier molecular flexibility index (Phi) is 4.99. The predicted molar refractivity (Wildman–Crippen MR) is 101 cm³/mol. The number of rotatable bonds is 6. The first kappa shape index (κ1) is 18.5. The van der Waals surface area contributed by atoms with Crippen molar-refractivity contribution in [1.29, 1.82) is 0 Å². The Morgan fingerprint density at radius 3 is 2.26 bits per heavy atom. The first-order valence-corrected chi connectivity index (χ1v) is 11.0. The van der Waals surface area contributed by atoms with Crippen LogP contribution in [0.5, 0.6) is 5.75 Å². The predicted octanol–water partition coefficient (Wildman–Crippen LogP) is 3.70. The zero-order valence-corrected chi connectivity index (χ0v) is 16.6. The zero-order chi connectivity index (χ0) is 19.0.